The molecular weight excluding hydrogens is 254 g/mol. The van der Waals surface area contributed by atoms with Gasteiger partial charge in [0, 0.05) is 24.8 Å². The van der Waals surface area contributed by atoms with E-state index in [2.05, 4.69) is 5.32 Å². The first-order valence-corrected chi connectivity index (χ1v) is 7.02. The van der Waals surface area contributed by atoms with Crippen LogP contribution in [-0.4, -0.2) is 36.2 Å². The average molecular weight is 277 g/mol. The molecule has 1 aromatic carbocycles. The molecule has 20 heavy (non-hydrogen) atoms. The van der Waals surface area contributed by atoms with E-state index < -0.39 is 0 Å². The molecule has 0 aliphatic carbocycles. The molecule has 0 saturated carbocycles. The number of anilines is 1. The number of benzene rings is 1. The third-order valence-corrected chi connectivity index (χ3v) is 3.39. The molecular formula is C15H23N3O2. The maximum absolute atomic E-state index is 12.2. The van der Waals surface area contributed by atoms with Crippen molar-refractivity contribution in [2.45, 2.75) is 39.0 Å². The summed E-state index contributed by atoms with van der Waals surface area (Å²) in [6.07, 6.45) is 0.148. The fourth-order valence-electron chi connectivity index (χ4n) is 2.42. The van der Waals surface area contributed by atoms with Crippen LogP contribution in [0.25, 0.3) is 0 Å². The van der Waals surface area contributed by atoms with Crippen LogP contribution in [0.5, 0.6) is 0 Å². The number of nitrogens with one attached hydrogen (secondary N) is 1. The van der Waals surface area contributed by atoms with E-state index in [9.17, 15) is 4.79 Å². The number of nitrogens with zero attached hydrogens (tertiary/aromatic N) is 1. The van der Waals surface area contributed by atoms with Crippen LogP contribution in [0.3, 0.4) is 0 Å². The topological polar surface area (TPSA) is 67.6 Å². The smallest absolute Gasteiger partial charge is 0.322 e. The Bertz CT molecular complexity index is 449. The molecule has 3 atom stereocenters. The molecule has 1 aromatic rings. The van der Waals surface area contributed by atoms with Crippen molar-refractivity contribution in [1.82, 2.24) is 4.90 Å². The van der Waals surface area contributed by atoms with Gasteiger partial charge in [-0.15, -0.1) is 0 Å². The molecule has 1 aliphatic rings. The Morgan fingerprint density at radius 3 is 2.35 bits per heavy atom. The van der Waals surface area contributed by atoms with Crippen LogP contribution in [-0.2, 0) is 4.74 Å². The lowest BCUT2D eigenvalue weighted by molar-refractivity contribution is -0.0530. The lowest BCUT2D eigenvalue weighted by Gasteiger charge is -2.35. The van der Waals surface area contributed by atoms with Gasteiger partial charge in [-0.1, -0.05) is 12.1 Å². The van der Waals surface area contributed by atoms with Gasteiger partial charge in [-0.05, 0) is 38.5 Å². The zero-order valence-corrected chi connectivity index (χ0v) is 12.3. The number of carbonyl (C=O) groups excluding carboxylic acids is 1. The Kier molecular flexibility index (Phi) is 4.62. The number of rotatable bonds is 2. The van der Waals surface area contributed by atoms with Gasteiger partial charge in [0.25, 0.3) is 0 Å². The van der Waals surface area contributed by atoms with Crippen molar-refractivity contribution in [3.05, 3.63) is 29.8 Å². The van der Waals surface area contributed by atoms with E-state index in [4.69, 9.17) is 10.5 Å². The minimum Gasteiger partial charge on any atom is -0.372 e. The Labute approximate surface area is 120 Å². The van der Waals surface area contributed by atoms with Crippen molar-refractivity contribution in [2.24, 2.45) is 5.73 Å². The molecule has 1 saturated heterocycles. The van der Waals surface area contributed by atoms with Gasteiger partial charge in [-0.25, -0.2) is 4.79 Å². The fraction of sp³-hybridized carbons (Fsp3) is 0.533. The first-order chi connectivity index (χ1) is 9.45. The van der Waals surface area contributed by atoms with Crippen LogP contribution in [0, 0.1) is 0 Å². The molecule has 110 valence electrons. The highest BCUT2D eigenvalue weighted by Gasteiger charge is 2.25. The van der Waals surface area contributed by atoms with Crippen molar-refractivity contribution < 1.29 is 9.53 Å². The third-order valence-electron chi connectivity index (χ3n) is 3.39. The zero-order valence-electron chi connectivity index (χ0n) is 12.3. The molecule has 0 bridgehead atoms. The number of hydrogen-bond donors (Lipinski definition) is 2. The summed E-state index contributed by atoms with van der Waals surface area (Å²) in [5, 5.41) is 2.91. The van der Waals surface area contributed by atoms with Crippen molar-refractivity contribution in [3.8, 4) is 0 Å². The number of morpholine rings is 1. The van der Waals surface area contributed by atoms with Crippen molar-refractivity contribution in [1.29, 1.82) is 0 Å². The average Bonchev–Trinajstić information content (AvgIpc) is 2.38. The number of carbonyl (C=O) groups is 1. The quantitative estimate of drug-likeness (QED) is 0.872. The van der Waals surface area contributed by atoms with Gasteiger partial charge in [-0.3, -0.25) is 0 Å². The first kappa shape index (κ1) is 14.8. The Morgan fingerprint density at radius 1 is 1.30 bits per heavy atom. The van der Waals surface area contributed by atoms with Crippen molar-refractivity contribution in [3.63, 3.8) is 0 Å². The van der Waals surface area contributed by atoms with Crippen LogP contribution in [0.4, 0.5) is 10.5 Å². The van der Waals surface area contributed by atoms with Gasteiger partial charge >= 0.3 is 6.03 Å². The summed E-state index contributed by atoms with van der Waals surface area (Å²) in [5.74, 6) is 0. The van der Waals surface area contributed by atoms with Crippen LogP contribution < -0.4 is 11.1 Å². The maximum Gasteiger partial charge on any atom is 0.322 e. The zero-order chi connectivity index (χ0) is 14.7. The van der Waals surface area contributed by atoms with E-state index in [-0.39, 0.29) is 24.3 Å². The molecule has 3 N–H and O–H groups in total. The molecule has 5 heteroatoms. The van der Waals surface area contributed by atoms with E-state index in [0.29, 0.717) is 13.1 Å². The van der Waals surface area contributed by atoms with E-state index in [0.717, 1.165) is 11.3 Å². The van der Waals surface area contributed by atoms with Gasteiger partial charge in [0.15, 0.2) is 0 Å². The van der Waals surface area contributed by atoms with Crippen LogP contribution in [0.15, 0.2) is 24.3 Å². The highest BCUT2D eigenvalue weighted by atomic mass is 16.5. The SMILES string of the molecule is CC1CN(C(=O)Nc2ccc(C(C)N)cc2)CC(C)O1. The lowest BCUT2D eigenvalue weighted by atomic mass is 10.1. The number of ether oxygens (including phenoxy) is 1. The monoisotopic (exact) mass is 277 g/mol. The highest BCUT2D eigenvalue weighted by Crippen LogP contribution is 2.16. The molecule has 0 aromatic heterocycles. The van der Waals surface area contributed by atoms with Crippen LogP contribution in [0.1, 0.15) is 32.4 Å². The predicted octanol–water partition coefficient (Wildman–Crippen LogP) is 2.35. The fourth-order valence-corrected chi connectivity index (χ4v) is 2.42. The second kappa shape index (κ2) is 6.24. The second-order valence-corrected chi connectivity index (χ2v) is 5.50. The normalized spacial score (nSPS) is 24.3. The minimum atomic E-state index is -0.0828. The molecule has 0 radical (unpaired) electrons. The molecule has 5 nitrogen and oxygen atoms in total. The number of nitrogens with two attached hydrogens (primary N) is 1. The third kappa shape index (κ3) is 3.71. The van der Waals surface area contributed by atoms with Gasteiger partial charge in [0.05, 0.1) is 12.2 Å². The van der Waals surface area contributed by atoms with E-state index in [1.54, 1.807) is 4.90 Å². The van der Waals surface area contributed by atoms with Crippen molar-refractivity contribution >= 4 is 11.7 Å². The largest absolute Gasteiger partial charge is 0.372 e. The first-order valence-electron chi connectivity index (χ1n) is 7.02. The summed E-state index contributed by atoms with van der Waals surface area (Å²) in [5.41, 5.74) is 7.64. The standard InChI is InChI=1S/C15H23N3O2/c1-10-8-18(9-11(2)20-10)15(19)17-14-6-4-13(5-7-14)12(3)16/h4-7,10-12H,8-9,16H2,1-3H3,(H,17,19). The Morgan fingerprint density at radius 2 is 1.85 bits per heavy atom. The summed E-state index contributed by atoms with van der Waals surface area (Å²) < 4.78 is 5.62. The van der Waals surface area contributed by atoms with E-state index in [1.165, 1.54) is 0 Å². The van der Waals surface area contributed by atoms with E-state index >= 15 is 0 Å². The Hall–Kier alpha value is -1.59. The maximum atomic E-state index is 12.2. The lowest BCUT2D eigenvalue weighted by Crippen LogP contribution is -2.49. The number of amides is 2. The van der Waals surface area contributed by atoms with Gasteiger partial charge in [0.1, 0.15) is 0 Å². The predicted molar refractivity (Wildman–Crippen MR) is 79.6 cm³/mol. The molecule has 1 heterocycles. The highest BCUT2D eigenvalue weighted by molar-refractivity contribution is 5.89. The Balaban J connectivity index is 1.97. The molecule has 2 amide bonds. The summed E-state index contributed by atoms with van der Waals surface area (Å²) in [6, 6.07) is 7.55. The van der Waals surface area contributed by atoms with E-state index in [1.807, 2.05) is 45.0 Å². The molecule has 1 fully saturated rings. The number of urea groups is 1. The molecule has 3 unspecified atom stereocenters. The van der Waals surface area contributed by atoms with Gasteiger partial charge in [0.2, 0.25) is 0 Å². The van der Waals surface area contributed by atoms with Crippen molar-refractivity contribution in [2.75, 3.05) is 18.4 Å². The summed E-state index contributed by atoms with van der Waals surface area (Å²) >= 11 is 0. The van der Waals surface area contributed by atoms with Gasteiger partial charge < -0.3 is 20.7 Å². The number of hydrogen-bond acceptors (Lipinski definition) is 3. The summed E-state index contributed by atoms with van der Waals surface area (Å²) in [6.45, 7) is 7.13. The second-order valence-electron chi connectivity index (χ2n) is 5.50. The molecule has 0 spiro atoms. The summed E-state index contributed by atoms with van der Waals surface area (Å²) in [4.78, 5) is 14.0. The molecule has 2 rings (SSSR count). The van der Waals surface area contributed by atoms with Crippen LogP contribution >= 0.6 is 0 Å². The van der Waals surface area contributed by atoms with Crippen LogP contribution in [0.2, 0.25) is 0 Å². The molecule has 1 aliphatic heterocycles. The minimum absolute atomic E-state index is 0.000643. The van der Waals surface area contributed by atoms with Gasteiger partial charge in [-0.2, -0.15) is 0 Å². The summed E-state index contributed by atoms with van der Waals surface area (Å²) in [7, 11) is 0.